The average Bonchev–Trinajstić information content (AvgIpc) is 2.81. The minimum Gasteiger partial charge on any atom is -0.368 e. The summed E-state index contributed by atoms with van der Waals surface area (Å²) in [7, 11) is 0. The molecule has 0 fully saturated rings. The Morgan fingerprint density at radius 3 is 2.56 bits per heavy atom. The van der Waals surface area contributed by atoms with Crippen LogP contribution in [-0.4, -0.2) is 11.6 Å². The maximum atomic E-state index is 12.8. The lowest BCUT2D eigenvalue weighted by atomic mass is 10.1. The maximum Gasteiger partial charge on any atom is 0.123 e. The maximum absolute atomic E-state index is 12.8. The van der Waals surface area contributed by atoms with E-state index in [0.717, 1.165) is 11.3 Å². The molecule has 84 valence electrons. The van der Waals surface area contributed by atoms with E-state index in [1.165, 1.54) is 12.1 Å². The number of nitrogens with one attached hydrogen (secondary N) is 1. The second-order valence-electron chi connectivity index (χ2n) is 3.51. The van der Waals surface area contributed by atoms with Crippen molar-refractivity contribution in [2.45, 2.75) is 13.0 Å². The van der Waals surface area contributed by atoms with Crippen LogP contribution in [0.5, 0.6) is 0 Å². The van der Waals surface area contributed by atoms with Gasteiger partial charge in [0.15, 0.2) is 0 Å². The summed E-state index contributed by atoms with van der Waals surface area (Å²) < 4.78 is 18.5. The molecular formula is C13H14FNO. The number of rotatable bonds is 4. The number of H-pyrrole nitrogens is 1. The SMILES string of the molecule is CCOC(c1ccc(F)cc1)c1ccc[nH]1. The van der Waals surface area contributed by atoms with Crippen LogP contribution in [0.3, 0.4) is 0 Å². The van der Waals surface area contributed by atoms with Crippen molar-refractivity contribution in [3.05, 3.63) is 59.7 Å². The molecule has 0 aliphatic heterocycles. The number of ether oxygens (including phenoxy) is 1. The van der Waals surface area contributed by atoms with E-state index < -0.39 is 0 Å². The number of aromatic amines is 1. The molecule has 1 unspecified atom stereocenters. The van der Waals surface area contributed by atoms with Crippen LogP contribution in [-0.2, 0) is 4.74 Å². The van der Waals surface area contributed by atoms with Crippen LogP contribution >= 0.6 is 0 Å². The molecule has 2 nitrogen and oxygen atoms in total. The smallest absolute Gasteiger partial charge is 0.123 e. The third kappa shape index (κ3) is 2.31. The van der Waals surface area contributed by atoms with E-state index in [2.05, 4.69) is 4.98 Å². The molecule has 1 atom stereocenters. The number of hydrogen-bond donors (Lipinski definition) is 1. The first-order valence-corrected chi connectivity index (χ1v) is 5.31. The molecule has 2 aromatic rings. The van der Waals surface area contributed by atoms with E-state index in [4.69, 9.17) is 4.74 Å². The van der Waals surface area contributed by atoms with Gasteiger partial charge in [-0.15, -0.1) is 0 Å². The van der Waals surface area contributed by atoms with Gasteiger partial charge in [-0.2, -0.15) is 0 Å². The molecule has 0 saturated heterocycles. The van der Waals surface area contributed by atoms with Crippen LogP contribution in [0.15, 0.2) is 42.6 Å². The first-order chi connectivity index (χ1) is 7.81. The average molecular weight is 219 g/mol. The largest absolute Gasteiger partial charge is 0.368 e. The zero-order valence-corrected chi connectivity index (χ0v) is 9.11. The van der Waals surface area contributed by atoms with Gasteiger partial charge in [0.25, 0.3) is 0 Å². The molecule has 3 heteroatoms. The van der Waals surface area contributed by atoms with Crippen molar-refractivity contribution in [1.82, 2.24) is 4.98 Å². The number of halogens is 1. The highest BCUT2D eigenvalue weighted by Gasteiger charge is 2.14. The molecule has 1 heterocycles. The van der Waals surface area contributed by atoms with E-state index in [1.807, 2.05) is 25.3 Å². The van der Waals surface area contributed by atoms with Crippen molar-refractivity contribution < 1.29 is 9.13 Å². The summed E-state index contributed by atoms with van der Waals surface area (Å²) in [5, 5.41) is 0. The van der Waals surface area contributed by atoms with Gasteiger partial charge in [-0.05, 0) is 36.8 Å². The summed E-state index contributed by atoms with van der Waals surface area (Å²) >= 11 is 0. The van der Waals surface area contributed by atoms with Crippen LogP contribution in [0.2, 0.25) is 0 Å². The first kappa shape index (κ1) is 10.9. The number of hydrogen-bond acceptors (Lipinski definition) is 1. The number of aromatic nitrogens is 1. The van der Waals surface area contributed by atoms with Gasteiger partial charge in [-0.3, -0.25) is 0 Å². The zero-order valence-electron chi connectivity index (χ0n) is 9.11. The summed E-state index contributed by atoms with van der Waals surface area (Å²) in [4.78, 5) is 3.12. The van der Waals surface area contributed by atoms with Gasteiger partial charge >= 0.3 is 0 Å². The van der Waals surface area contributed by atoms with E-state index >= 15 is 0 Å². The Kier molecular flexibility index (Phi) is 3.37. The molecule has 16 heavy (non-hydrogen) atoms. The highest BCUT2D eigenvalue weighted by molar-refractivity contribution is 5.26. The standard InChI is InChI=1S/C13H14FNO/c1-2-16-13(12-4-3-9-15-12)10-5-7-11(14)8-6-10/h3-9,13,15H,2H2,1H3. The van der Waals surface area contributed by atoms with Gasteiger partial charge in [0, 0.05) is 18.5 Å². The minimum absolute atomic E-state index is 0.152. The summed E-state index contributed by atoms with van der Waals surface area (Å²) in [5.74, 6) is -0.231. The molecule has 1 aromatic heterocycles. The Morgan fingerprint density at radius 2 is 2.00 bits per heavy atom. The van der Waals surface area contributed by atoms with E-state index in [0.29, 0.717) is 6.61 Å². The van der Waals surface area contributed by atoms with Gasteiger partial charge in [0.05, 0.1) is 0 Å². The Hall–Kier alpha value is -1.61. The molecule has 0 radical (unpaired) electrons. The lowest BCUT2D eigenvalue weighted by Crippen LogP contribution is -2.06. The number of benzene rings is 1. The predicted molar refractivity (Wildman–Crippen MR) is 60.7 cm³/mol. The van der Waals surface area contributed by atoms with Gasteiger partial charge in [-0.1, -0.05) is 12.1 Å². The summed E-state index contributed by atoms with van der Waals surface area (Å²) in [6, 6.07) is 10.3. The van der Waals surface area contributed by atoms with Gasteiger partial charge in [0.1, 0.15) is 11.9 Å². The van der Waals surface area contributed by atoms with Crippen LogP contribution in [0.4, 0.5) is 4.39 Å². The Balaban J connectivity index is 2.29. The van der Waals surface area contributed by atoms with E-state index in [-0.39, 0.29) is 11.9 Å². The molecule has 1 aromatic carbocycles. The van der Waals surface area contributed by atoms with Crippen molar-refractivity contribution in [2.24, 2.45) is 0 Å². The van der Waals surface area contributed by atoms with Crippen molar-refractivity contribution >= 4 is 0 Å². The second kappa shape index (κ2) is 4.94. The first-order valence-electron chi connectivity index (χ1n) is 5.31. The second-order valence-corrected chi connectivity index (χ2v) is 3.51. The van der Waals surface area contributed by atoms with Crippen LogP contribution in [0, 0.1) is 5.82 Å². The Bertz CT molecular complexity index is 422. The summed E-state index contributed by atoms with van der Waals surface area (Å²) in [5.41, 5.74) is 1.93. The Morgan fingerprint density at radius 1 is 1.25 bits per heavy atom. The lowest BCUT2D eigenvalue weighted by Gasteiger charge is -2.16. The quantitative estimate of drug-likeness (QED) is 0.838. The molecule has 2 rings (SSSR count). The normalized spacial score (nSPS) is 12.6. The van der Waals surface area contributed by atoms with E-state index in [9.17, 15) is 4.39 Å². The van der Waals surface area contributed by atoms with Crippen molar-refractivity contribution in [2.75, 3.05) is 6.61 Å². The molecule has 1 N–H and O–H groups in total. The zero-order chi connectivity index (χ0) is 11.4. The summed E-state index contributed by atoms with van der Waals surface area (Å²) in [6.07, 6.45) is 1.70. The van der Waals surface area contributed by atoms with Crippen molar-refractivity contribution in [3.63, 3.8) is 0 Å². The highest BCUT2D eigenvalue weighted by Crippen LogP contribution is 2.24. The third-order valence-corrected chi connectivity index (χ3v) is 2.41. The van der Waals surface area contributed by atoms with Crippen molar-refractivity contribution in [3.8, 4) is 0 Å². The van der Waals surface area contributed by atoms with Crippen LogP contribution in [0.25, 0.3) is 0 Å². The molecule has 0 amide bonds. The van der Waals surface area contributed by atoms with Gasteiger partial charge in [-0.25, -0.2) is 4.39 Å². The van der Waals surface area contributed by atoms with Gasteiger partial charge in [0.2, 0.25) is 0 Å². The predicted octanol–water partition coefficient (Wildman–Crippen LogP) is 3.28. The summed E-state index contributed by atoms with van der Waals surface area (Å²) in [6.45, 7) is 2.56. The fourth-order valence-corrected chi connectivity index (χ4v) is 1.68. The molecule has 0 aliphatic rings. The fraction of sp³-hybridized carbons (Fsp3) is 0.231. The lowest BCUT2D eigenvalue weighted by molar-refractivity contribution is 0.0887. The fourth-order valence-electron chi connectivity index (χ4n) is 1.68. The molecule has 0 spiro atoms. The highest BCUT2D eigenvalue weighted by atomic mass is 19.1. The third-order valence-electron chi connectivity index (χ3n) is 2.41. The molecule has 0 bridgehead atoms. The topological polar surface area (TPSA) is 25.0 Å². The monoisotopic (exact) mass is 219 g/mol. The molecule has 0 saturated carbocycles. The Labute approximate surface area is 94.1 Å². The van der Waals surface area contributed by atoms with E-state index in [1.54, 1.807) is 12.1 Å². The molecular weight excluding hydrogens is 205 g/mol. The van der Waals surface area contributed by atoms with Gasteiger partial charge < -0.3 is 9.72 Å². The van der Waals surface area contributed by atoms with Crippen LogP contribution < -0.4 is 0 Å². The van der Waals surface area contributed by atoms with Crippen LogP contribution in [0.1, 0.15) is 24.3 Å². The minimum atomic E-state index is -0.231. The van der Waals surface area contributed by atoms with Crippen molar-refractivity contribution in [1.29, 1.82) is 0 Å². The molecule has 0 aliphatic carbocycles.